The summed E-state index contributed by atoms with van der Waals surface area (Å²) in [6, 6.07) is 7.58. The molecule has 1 aromatic carbocycles. The number of benzene rings is 1. The van der Waals surface area contributed by atoms with Crippen molar-refractivity contribution in [3.63, 3.8) is 0 Å². The third-order valence-corrected chi connectivity index (χ3v) is 3.89. The highest BCUT2D eigenvalue weighted by Crippen LogP contribution is 2.35. The third kappa shape index (κ3) is 2.33. The summed E-state index contributed by atoms with van der Waals surface area (Å²) >= 11 is 0. The zero-order valence-electron chi connectivity index (χ0n) is 11.6. The number of para-hydroxylation sites is 1. The highest BCUT2D eigenvalue weighted by Gasteiger charge is 2.46. The highest BCUT2D eigenvalue weighted by molar-refractivity contribution is 6.10. The molecule has 1 aliphatic heterocycles. The monoisotopic (exact) mass is 273 g/mol. The second kappa shape index (κ2) is 5.49. The molecule has 0 saturated carbocycles. The van der Waals surface area contributed by atoms with E-state index in [4.69, 9.17) is 0 Å². The van der Waals surface area contributed by atoms with Crippen LogP contribution < -0.4 is 4.90 Å². The molecule has 0 aromatic heterocycles. The second-order valence-electron chi connectivity index (χ2n) is 5.32. The maximum atomic E-state index is 12.6. The molecule has 0 bridgehead atoms. The summed E-state index contributed by atoms with van der Waals surface area (Å²) in [6.07, 6.45) is 3.52. The number of carboxylic acids is 1. The van der Waals surface area contributed by atoms with E-state index in [2.05, 4.69) is 6.58 Å². The van der Waals surface area contributed by atoms with Crippen molar-refractivity contribution >= 4 is 17.6 Å². The van der Waals surface area contributed by atoms with Crippen molar-refractivity contribution in [2.75, 3.05) is 11.4 Å². The Hall–Kier alpha value is -2.10. The first kappa shape index (κ1) is 14.3. The van der Waals surface area contributed by atoms with E-state index in [-0.39, 0.29) is 5.91 Å². The van der Waals surface area contributed by atoms with Gasteiger partial charge in [-0.25, -0.2) is 0 Å². The lowest BCUT2D eigenvalue weighted by atomic mass is 9.80. The lowest BCUT2D eigenvalue weighted by molar-refractivity contribution is -0.155. The lowest BCUT2D eigenvalue weighted by Gasteiger charge is -2.37. The van der Waals surface area contributed by atoms with Gasteiger partial charge in [0.05, 0.1) is 0 Å². The van der Waals surface area contributed by atoms with Gasteiger partial charge in [0.15, 0.2) is 0 Å². The SMILES string of the molecule is C=CCc1ccccc1N1CCCC(C)(C(=O)O)C1=O. The minimum absolute atomic E-state index is 0.326. The van der Waals surface area contributed by atoms with Crippen LogP contribution in [0.5, 0.6) is 0 Å². The van der Waals surface area contributed by atoms with Crippen molar-refractivity contribution in [3.05, 3.63) is 42.5 Å². The Kier molecular flexibility index (Phi) is 3.93. The van der Waals surface area contributed by atoms with Gasteiger partial charge in [0.25, 0.3) is 0 Å². The number of hydrogen-bond acceptors (Lipinski definition) is 2. The van der Waals surface area contributed by atoms with Crippen LogP contribution in [0.4, 0.5) is 5.69 Å². The van der Waals surface area contributed by atoms with Gasteiger partial charge in [-0.05, 0) is 37.8 Å². The molecule has 1 aromatic rings. The van der Waals surface area contributed by atoms with Crippen LogP contribution in [-0.4, -0.2) is 23.5 Å². The Morgan fingerprint density at radius 1 is 1.50 bits per heavy atom. The number of hydrogen-bond donors (Lipinski definition) is 1. The minimum atomic E-state index is -1.32. The Balaban J connectivity index is 2.40. The fraction of sp³-hybridized carbons (Fsp3) is 0.375. The molecule has 1 atom stereocenters. The topological polar surface area (TPSA) is 57.6 Å². The van der Waals surface area contributed by atoms with Crippen LogP contribution in [0.2, 0.25) is 0 Å². The van der Waals surface area contributed by atoms with Crippen LogP contribution in [0.3, 0.4) is 0 Å². The first-order valence-corrected chi connectivity index (χ1v) is 6.75. The molecular weight excluding hydrogens is 254 g/mol. The third-order valence-electron chi connectivity index (χ3n) is 3.89. The number of carbonyl (C=O) groups excluding carboxylic acids is 1. The normalized spacial score (nSPS) is 22.6. The summed E-state index contributed by atoms with van der Waals surface area (Å²) in [6.45, 7) is 5.80. The summed E-state index contributed by atoms with van der Waals surface area (Å²) in [5.41, 5.74) is 0.467. The maximum Gasteiger partial charge on any atom is 0.318 e. The standard InChI is InChI=1S/C16H19NO3/c1-3-7-12-8-4-5-9-13(12)17-11-6-10-16(2,14(17)18)15(19)20/h3-5,8-9H,1,6-7,10-11H2,2H3,(H,19,20). The zero-order valence-corrected chi connectivity index (χ0v) is 11.6. The number of aliphatic carboxylic acids is 1. The van der Waals surface area contributed by atoms with Crippen molar-refractivity contribution in [3.8, 4) is 0 Å². The van der Waals surface area contributed by atoms with E-state index in [1.807, 2.05) is 24.3 Å². The average Bonchev–Trinajstić information content (AvgIpc) is 2.43. The summed E-state index contributed by atoms with van der Waals surface area (Å²) < 4.78 is 0. The van der Waals surface area contributed by atoms with Crippen molar-refractivity contribution in [2.24, 2.45) is 5.41 Å². The van der Waals surface area contributed by atoms with E-state index in [9.17, 15) is 14.7 Å². The van der Waals surface area contributed by atoms with Gasteiger partial charge < -0.3 is 10.0 Å². The molecule has 20 heavy (non-hydrogen) atoms. The predicted octanol–water partition coefficient (Wildman–Crippen LogP) is 2.63. The molecule has 4 heteroatoms. The number of rotatable bonds is 4. The number of piperidine rings is 1. The number of amides is 1. The number of anilines is 1. The van der Waals surface area contributed by atoms with Crippen LogP contribution in [0.1, 0.15) is 25.3 Å². The molecular formula is C16H19NO3. The summed E-state index contributed by atoms with van der Waals surface area (Å²) in [7, 11) is 0. The van der Waals surface area contributed by atoms with Gasteiger partial charge in [0.2, 0.25) is 5.91 Å². The molecule has 4 nitrogen and oxygen atoms in total. The molecule has 0 radical (unpaired) electrons. The quantitative estimate of drug-likeness (QED) is 0.677. The lowest BCUT2D eigenvalue weighted by Crippen LogP contribution is -2.51. The molecule has 1 unspecified atom stereocenters. The first-order valence-electron chi connectivity index (χ1n) is 6.75. The van der Waals surface area contributed by atoms with E-state index in [1.54, 1.807) is 11.0 Å². The largest absolute Gasteiger partial charge is 0.480 e. The number of allylic oxidation sites excluding steroid dienone is 1. The van der Waals surface area contributed by atoms with Gasteiger partial charge in [-0.15, -0.1) is 6.58 Å². The number of carboxylic acid groups (broad SMARTS) is 1. The van der Waals surface area contributed by atoms with Gasteiger partial charge >= 0.3 is 5.97 Å². The van der Waals surface area contributed by atoms with Gasteiger partial charge in [-0.2, -0.15) is 0 Å². The molecule has 1 aliphatic rings. The molecule has 1 fully saturated rings. The number of carbonyl (C=O) groups is 2. The van der Waals surface area contributed by atoms with Gasteiger partial charge in [0.1, 0.15) is 5.41 Å². The fourth-order valence-corrected chi connectivity index (χ4v) is 2.63. The summed E-state index contributed by atoms with van der Waals surface area (Å²) in [5.74, 6) is -1.37. The van der Waals surface area contributed by atoms with Crippen LogP contribution in [0, 0.1) is 5.41 Å². The molecule has 1 N–H and O–H groups in total. The van der Waals surface area contributed by atoms with Crippen molar-refractivity contribution in [2.45, 2.75) is 26.2 Å². The van der Waals surface area contributed by atoms with E-state index in [1.165, 1.54) is 6.92 Å². The Bertz CT molecular complexity index is 552. The minimum Gasteiger partial charge on any atom is -0.480 e. The molecule has 2 rings (SSSR count). The van der Waals surface area contributed by atoms with E-state index < -0.39 is 11.4 Å². The first-order chi connectivity index (χ1) is 9.50. The van der Waals surface area contributed by atoms with Gasteiger partial charge in [-0.1, -0.05) is 24.3 Å². The van der Waals surface area contributed by atoms with Gasteiger partial charge in [0, 0.05) is 12.2 Å². The number of nitrogens with zero attached hydrogens (tertiary/aromatic N) is 1. The molecule has 1 amide bonds. The van der Waals surface area contributed by atoms with Crippen molar-refractivity contribution in [1.82, 2.24) is 0 Å². The second-order valence-corrected chi connectivity index (χ2v) is 5.32. The molecule has 0 spiro atoms. The van der Waals surface area contributed by atoms with Crippen LogP contribution in [0.25, 0.3) is 0 Å². The Morgan fingerprint density at radius 3 is 2.85 bits per heavy atom. The van der Waals surface area contributed by atoms with Crippen molar-refractivity contribution < 1.29 is 14.7 Å². The smallest absolute Gasteiger partial charge is 0.318 e. The Morgan fingerprint density at radius 2 is 2.20 bits per heavy atom. The van der Waals surface area contributed by atoms with E-state index >= 15 is 0 Å². The molecule has 0 aliphatic carbocycles. The summed E-state index contributed by atoms with van der Waals surface area (Å²) in [4.78, 5) is 25.6. The van der Waals surface area contributed by atoms with Crippen molar-refractivity contribution in [1.29, 1.82) is 0 Å². The highest BCUT2D eigenvalue weighted by atomic mass is 16.4. The average molecular weight is 273 g/mol. The van der Waals surface area contributed by atoms with Gasteiger partial charge in [-0.3, -0.25) is 9.59 Å². The maximum absolute atomic E-state index is 12.6. The molecule has 1 saturated heterocycles. The predicted molar refractivity (Wildman–Crippen MR) is 77.7 cm³/mol. The van der Waals surface area contributed by atoms with Crippen LogP contribution in [-0.2, 0) is 16.0 Å². The Labute approximate surface area is 118 Å². The zero-order chi connectivity index (χ0) is 14.8. The van der Waals surface area contributed by atoms with E-state index in [0.717, 1.165) is 11.3 Å². The van der Waals surface area contributed by atoms with Crippen LogP contribution in [0.15, 0.2) is 36.9 Å². The van der Waals surface area contributed by atoms with Crippen LogP contribution >= 0.6 is 0 Å². The fourth-order valence-electron chi connectivity index (χ4n) is 2.63. The molecule has 1 heterocycles. The van der Waals surface area contributed by atoms with E-state index in [0.29, 0.717) is 25.8 Å². The summed E-state index contributed by atoms with van der Waals surface area (Å²) in [5, 5.41) is 9.34. The molecule has 106 valence electrons.